The van der Waals surface area contributed by atoms with E-state index in [2.05, 4.69) is 31.9 Å². The van der Waals surface area contributed by atoms with Crippen LogP contribution in [0.25, 0.3) is 0 Å². The number of hydrogen-bond donors (Lipinski definition) is 1. The summed E-state index contributed by atoms with van der Waals surface area (Å²) in [5.74, 6) is 1.06. The fourth-order valence-corrected chi connectivity index (χ4v) is 2.74. The van der Waals surface area contributed by atoms with Crippen molar-refractivity contribution in [3.05, 3.63) is 47.9 Å². The van der Waals surface area contributed by atoms with Crippen LogP contribution in [-0.2, 0) is 6.54 Å². The largest absolute Gasteiger partial charge is 0.368 e. The summed E-state index contributed by atoms with van der Waals surface area (Å²) < 4.78 is 0. The van der Waals surface area contributed by atoms with Gasteiger partial charge in [0.05, 0.1) is 0 Å². The number of anilines is 2. The predicted molar refractivity (Wildman–Crippen MR) is 85.5 cm³/mol. The molecule has 3 heterocycles. The lowest BCUT2D eigenvalue weighted by Crippen LogP contribution is -2.47. The third-order valence-electron chi connectivity index (χ3n) is 3.91. The van der Waals surface area contributed by atoms with E-state index >= 15 is 0 Å². The molecular formula is C16H21N5. The summed E-state index contributed by atoms with van der Waals surface area (Å²) in [4.78, 5) is 13.5. The maximum absolute atomic E-state index is 5.84. The normalized spacial score (nSPS) is 15.3. The molecule has 0 aliphatic carbocycles. The monoisotopic (exact) mass is 283 g/mol. The number of aryl methyl sites for hydroxylation is 1. The van der Waals surface area contributed by atoms with Gasteiger partial charge in [0, 0.05) is 62.1 Å². The highest BCUT2D eigenvalue weighted by Crippen LogP contribution is 2.23. The molecule has 1 fully saturated rings. The quantitative estimate of drug-likeness (QED) is 0.926. The van der Waals surface area contributed by atoms with Crippen molar-refractivity contribution in [2.45, 2.75) is 13.5 Å². The third kappa shape index (κ3) is 2.97. The zero-order valence-electron chi connectivity index (χ0n) is 12.4. The summed E-state index contributed by atoms with van der Waals surface area (Å²) >= 11 is 0. The number of rotatable bonds is 3. The average molecular weight is 283 g/mol. The maximum Gasteiger partial charge on any atom is 0.128 e. The van der Waals surface area contributed by atoms with E-state index in [4.69, 9.17) is 5.73 Å². The molecule has 110 valence electrons. The minimum atomic E-state index is 0.531. The molecule has 5 nitrogen and oxygen atoms in total. The van der Waals surface area contributed by atoms with E-state index in [1.807, 2.05) is 31.5 Å². The molecule has 0 aromatic carbocycles. The lowest BCUT2D eigenvalue weighted by molar-refractivity contribution is 0.644. The highest BCUT2D eigenvalue weighted by Gasteiger charge is 2.20. The Hall–Kier alpha value is -2.14. The first kappa shape index (κ1) is 13.8. The predicted octanol–water partition coefficient (Wildman–Crippen LogP) is 1.57. The van der Waals surface area contributed by atoms with E-state index < -0.39 is 0 Å². The molecule has 0 unspecified atom stereocenters. The van der Waals surface area contributed by atoms with Crippen molar-refractivity contribution in [1.29, 1.82) is 0 Å². The van der Waals surface area contributed by atoms with Gasteiger partial charge in [0.25, 0.3) is 0 Å². The molecular weight excluding hydrogens is 262 g/mol. The minimum absolute atomic E-state index is 0.531. The number of piperazine rings is 1. The lowest BCUT2D eigenvalue weighted by Gasteiger charge is -2.37. The molecule has 3 rings (SSSR count). The third-order valence-corrected chi connectivity index (χ3v) is 3.91. The second kappa shape index (κ2) is 6.10. The Labute approximate surface area is 125 Å². The Balaban J connectivity index is 1.73. The first-order valence-corrected chi connectivity index (χ1v) is 7.34. The summed E-state index contributed by atoms with van der Waals surface area (Å²) in [7, 11) is 0. The van der Waals surface area contributed by atoms with Crippen LogP contribution >= 0.6 is 0 Å². The molecule has 5 heteroatoms. The van der Waals surface area contributed by atoms with Gasteiger partial charge in [-0.2, -0.15) is 0 Å². The first-order chi connectivity index (χ1) is 10.3. The summed E-state index contributed by atoms with van der Waals surface area (Å²) in [6, 6.07) is 8.19. The van der Waals surface area contributed by atoms with Crippen LogP contribution in [0.3, 0.4) is 0 Å². The van der Waals surface area contributed by atoms with Gasteiger partial charge in [0.1, 0.15) is 5.82 Å². The molecule has 2 aromatic heterocycles. The van der Waals surface area contributed by atoms with Crippen molar-refractivity contribution in [1.82, 2.24) is 9.97 Å². The second-order valence-electron chi connectivity index (χ2n) is 5.32. The molecule has 0 saturated carbocycles. The van der Waals surface area contributed by atoms with Gasteiger partial charge in [-0.15, -0.1) is 0 Å². The molecule has 0 amide bonds. The Morgan fingerprint density at radius 1 is 1.10 bits per heavy atom. The first-order valence-electron chi connectivity index (χ1n) is 7.34. The SMILES string of the molecule is Cc1cc(N2CCN(c3ccccn3)CC2)c(CN)cn1. The van der Waals surface area contributed by atoms with E-state index in [1.54, 1.807) is 0 Å². The topological polar surface area (TPSA) is 58.3 Å². The number of nitrogens with two attached hydrogens (primary N) is 1. The molecule has 2 N–H and O–H groups in total. The van der Waals surface area contributed by atoms with Crippen LogP contribution in [0.5, 0.6) is 0 Å². The standard InChI is InChI=1S/C16H21N5/c1-13-10-15(14(11-17)12-19-13)20-6-8-21(9-7-20)16-4-2-3-5-18-16/h2-5,10,12H,6-9,11,17H2,1H3. The van der Waals surface area contributed by atoms with Crippen LogP contribution in [0, 0.1) is 6.92 Å². The van der Waals surface area contributed by atoms with Crippen molar-refractivity contribution < 1.29 is 0 Å². The van der Waals surface area contributed by atoms with E-state index in [0.29, 0.717) is 6.54 Å². The van der Waals surface area contributed by atoms with Crippen LogP contribution in [0.4, 0.5) is 11.5 Å². The van der Waals surface area contributed by atoms with E-state index in [-0.39, 0.29) is 0 Å². The van der Waals surface area contributed by atoms with Crippen LogP contribution in [0.1, 0.15) is 11.3 Å². The van der Waals surface area contributed by atoms with Crippen LogP contribution in [0.2, 0.25) is 0 Å². The van der Waals surface area contributed by atoms with Crippen molar-refractivity contribution in [2.75, 3.05) is 36.0 Å². The molecule has 0 radical (unpaired) electrons. The number of nitrogens with zero attached hydrogens (tertiary/aromatic N) is 4. The Kier molecular flexibility index (Phi) is 4.01. The maximum atomic E-state index is 5.84. The smallest absolute Gasteiger partial charge is 0.128 e. The van der Waals surface area contributed by atoms with E-state index in [1.165, 1.54) is 5.69 Å². The number of aromatic nitrogens is 2. The molecule has 2 aromatic rings. The zero-order chi connectivity index (χ0) is 14.7. The molecule has 0 bridgehead atoms. The minimum Gasteiger partial charge on any atom is -0.368 e. The lowest BCUT2D eigenvalue weighted by atomic mass is 10.1. The van der Waals surface area contributed by atoms with Crippen LogP contribution in [-0.4, -0.2) is 36.1 Å². The van der Waals surface area contributed by atoms with Crippen molar-refractivity contribution in [2.24, 2.45) is 5.73 Å². The molecule has 0 atom stereocenters. The van der Waals surface area contributed by atoms with Gasteiger partial charge in [-0.25, -0.2) is 4.98 Å². The molecule has 1 saturated heterocycles. The summed E-state index contributed by atoms with van der Waals surface area (Å²) in [5.41, 5.74) is 9.22. The van der Waals surface area contributed by atoms with Gasteiger partial charge >= 0.3 is 0 Å². The molecule has 1 aliphatic heterocycles. The van der Waals surface area contributed by atoms with Crippen molar-refractivity contribution in [3.8, 4) is 0 Å². The summed E-state index contributed by atoms with van der Waals surface area (Å²) in [5, 5.41) is 0. The Morgan fingerprint density at radius 2 is 1.86 bits per heavy atom. The van der Waals surface area contributed by atoms with Gasteiger partial charge in [-0.1, -0.05) is 6.07 Å². The molecule has 0 spiro atoms. The van der Waals surface area contributed by atoms with E-state index in [0.717, 1.165) is 43.3 Å². The van der Waals surface area contributed by atoms with Crippen molar-refractivity contribution >= 4 is 11.5 Å². The highest BCUT2D eigenvalue weighted by atomic mass is 15.3. The Bertz CT molecular complexity index is 591. The zero-order valence-corrected chi connectivity index (χ0v) is 12.4. The second-order valence-corrected chi connectivity index (χ2v) is 5.32. The average Bonchev–Trinajstić information content (AvgIpc) is 2.56. The molecule has 1 aliphatic rings. The van der Waals surface area contributed by atoms with E-state index in [9.17, 15) is 0 Å². The fraction of sp³-hybridized carbons (Fsp3) is 0.375. The molecule has 21 heavy (non-hydrogen) atoms. The van der Waals surface area contributed by atoms with Crippen molar-refractivity contribution in [3.63, 3.8) is 0 Å². The fourth-order valence-electron chi connectivity index (χ4n) is 2.74. The van der Waals surface area contributed by atoms with Gasteiger partial charge < -0.3 is 15.5 Å². The number of hydrogen-bond acceptors (Lipinski definition) is 5. The highest BCUT2D eigenvalue weighted by molar-refractivity contribution is 5.55. The summed E-state index contributed by atoms with van der Waals surface area (Å²) in [6.07, 6.45) is 3.75. The van der Waals surface area contributed by atoms with Gasteiger partial charge in [0.15, 0.2) is 0 Å². The van der Waals surface area contributed by atoms with Gasteiger partial charge in [-0.3, -0.25) is 4.98 Å². The summed E-state index contributed by atoms with van der Waals surface area (Å²) in [6.45, 7) is 6.46. The van der Waals surface area contributed by atoms with Crippen LogP contribution in [0.15, 0.2) is 36.7 Å². The number of pyridine rings is 2. The van der Waals surface area contributed by atoms with Gasteiger partial charge in [0.2, 0.25) is 0 Å². The van der Waals surface area contributed by atoms with Crippen LogP contribution < -0.4 is 15.5 Å². The van der Waals surface area contributed by atoms with Gasteiger partial charge in [-0.05, 0) is 25.1 Å². The Morgan fingerprint density at radius 3 is 2.52 bits per heavy atom.